The van der Waals surface area contributed by atoms with Crippen molar-refractivity contribution in [2.24, 2.45) is 0 Å². The Labute approximate surface area is 155 Å². The summed E-state index contributed by atoms with van der Waals surface area (Å²) in [5.74, 6) is 1.28. The number of benzene rings is 1. The summed E-state index contributed by atoms with van der Waals surface area (Å²) in [4.78, 5) is 13.4. The van der Waals surface area contributed by atoms with Gasteiger partial charge in [0.1, 0.15) is 16.5 Å². The first-order chi connectivity index (χ1) is 11.3. The number of hydrogen-bond acceptors (Lipinski definition) is 5. The molecule has 7 heteroatoms. The second kappa shape index (κ2) is 6.84. The molecule has 2 heterocycles. The maximum absolute atomic E-state index is 6.14. The number of hydrogen-bond donors (Lipinski definition) is 1. The number of nitrogens with zero attached hydrogens (tertiary/aromatic N) is 3. The zero-order chi connectivity index (χ0) is 17.4. The summed E-state index contributed by atoms with van der Waals surface area (Å²) >= 11 is 13.7. The maximum atomic E-state index is 6.14. The van der Waals surface area contributed by atoms with Gasteiger partial charge in [-0.15, -0.1) is 11.3 Å². The lowest BCUT2D eigenvalue weighted by molar-refractivity contribution is 0.311. The quantitative estimate of drug-likeness (QED) is 0.703. The summed E-state index contributed by atoms with van der Waals surface area (Å²) in [6.45, 7) is 5.47. The van der Waals surface area contributed by atoms with Crippen LogP contribution in [0, 0.1) is 13.8 Å². The summed E-state index contributed by atoms with van der Waals surface area (Å²) in [5, 5.41) is 2.11. The predicted octanol–water partition coefficient (Wildman–Crippen LogP) is 4.83. The third-order valence-corrected chi connectivity index (χ3v) is 5.79. The summed E-state index contributed by atoms with van der Waals surface area (Å²) in [6, 6.07) is 5.66. The molecule has 126 valence electrons. The van der Waals surface area contributed by atoms with E-state index in [4.69, 9.17) is 28.9 Å². The molecule has 0 bridgehead atoms. The van der Waals surface area contributed by atoms with Crippen LogP contribution in [-0.4, -0.2) is 21.9 Å². The first-order valence-corrected chi connectivity index (χ1v) is 9.07. The van der Waals surface area contributed by atoms with Crippen molar-refractivity contribution < 1.29 is 0 Å². The molecule has 4 nitrogen and oxygen atoms in total. The molecule has 2 aromatic heterocycles. The van der Waals surface area contributed by atoms with Gasteiger partial charge in [-0.25, -0.2) is 9.97 Å². The van der Waals surface area contributed by atoms with Gasteiger partial charge in [0.2, 0.25) is 0 Å². The molecule has 0 amide bonds. The van der Waals surface area contributed by atoms with Gasteiger partial charge in [-0.3, -0.25) is 4.90 Å². The number of aromatic nitrogens is 2. The minimum absolute atomic E-state index is 0.555. The standard InChI is InChI=1S/C17H18Cl2N4S/c1-9-10(2)24-17-15(9)16(20)21-14(22-17)8-23(3)7-11-4-5-12(18)13(19)6-11/h4-6H,7-8H2,1-3H3,(H2,20,21,22). The van der Waals surface area contributed by atoms with Crippen molar-refractivity contribution in [3.05, 3.63) is 50.1 Å². The van der Waals surface area contributed by atoms with Crippen LogP contribution in [0.4, 0.5) is 5.82 Å². The molecule has 2 N–H and O–H groups in total. The molecule has 0 aliphatic heterocycles. The highest BCUT2D eigenvalue weighted by atomic mass is 35.5. The molecule has 0 radical (unpaired) electrons. The van der Waals surface area contributed by atoms with Crippen molar-refractivity contribution in [1.29, 1.82) is 0 Å². The van der Waals surface area contributed by atoms with E-state index < -0.39 is 0 Å². The van der Waals surface area contributed by atoms with Gasteiger partial charge in [-0.05, 0) is 44.2 Å². The van der Waals surface area contributed by atoms with Gasteiger partial charge in [-0.1, -0.05) is 29.3 Å². The smallest absolute Gasteiger partial charge is 0.146 e. The molecule has 1 aromatic carbocycles. The van der Waals surface area contributed by atoms with Crippen molar-refractivity contribution in [2.75, 3.05) is 12.8 Å². The van der Waals surface area contributed by atoms with Crippen molar-refractivity contribution in [1.82, 2.24) is 14.9 Å². The van der Waals surface area contributed by atoms with E-state index in [-0.39, 0.29) is 0 Å². The van der Waals surface area contributed by atoms with Gasteiger partial charge in [0.15, 0.2) is 0 Å². The number of fused-ring (bicyclic) bond motifs is 1. The molecule has 0 spiro atoms. The molecule has 0 unspecified atom stereocenters. The Morgan fingerprint density at radius 3 is 2.58 bits per heavy atom. The fourth-order valence-electron chi connectivity index (χ4n) is 2.64. The minimum atomic E-state index is 0.555. The highest BCUT2D eigenvalue weighted by molar-refractivity contribution is 7.18. The molecule has 24 heavy (non-hydrogen) atoms. The van der Waals surface area contributed by atoms with Crippen LogP contribution in [-0.2, 0) is 13.1 Å². The summed E-state index contributed by atoms with van der Waals surface area (Å²) in [5.41, 5.74) is 8.40. The Balaban J connectivity index is 1.80. The lowest BCUT2D eigenvalue weighted by Gasteiger charge is -2.16. The van der Waals surface area contributed by atoms with Crippen LogP contribution in [0.25, 0.3) is 10.2 Å². The number of aryl methyl sites for hydroxylation is 2. The maximum Gasteiger partial charge on any atom is 0.146 e. The number of nitrogens with two attached hydrogens (primary N) is 1. The number of nitrogen functional groups attached to an aromatic ring is 1. The number of thiophene rings is 1. The van der Waals surface area contributed by atoms with Gasteiger partial charge >= 0.3 is 0 Å². The monoisotopic (exact) mass is 380 g/mol. The summed E-state index contributed by atoms with van der Waals surface area (Å²) in [7, 11) is 2.01. The molecule has 3 rings (SSSR count). The van der Waals surface area contributed by atoms with Crippen LogP contribution < -0.4 is 5.73 Å². The molecule has 0 fully saturated rings. The van der Waals surface area contributed by atoms with E-state index in [0.717, 1.165) is 28.1 Å². The summed E-state index contributed by atoms with van der Waals surface area (Å²) in [6.07, 6.45) is 0. The topological polar surface area (TPSA) is 55.0 Å². The lowest BCUT2D eigenvalue weighted by Crippen LogP contribution is -2.19. The van der Waals surface area contributed by atoms with E-state index >= 15 is 0 Å². The first kappa shape index (κ1) is 17.4. The van der Waals surface area contributed by atoms with Crippen LogP contribution in [0.1, 0.15) is 21.8 Å². The second-order valence-electron chi connectivity index (χ2n) is 5.91. The Bertz CT molecular complexity index is 907. The van der Waals surface area contributed by atoms with Gasteiger partial charge in [-0.2, -0.15) is 0 Å². The molecule has 0 atom stereocenters. The fourth-order valence-corrected chi connectivity index (χ4v) is 4.02. The average molecular weight is 381 g/mol. The number of anilines is 1. The SMILES string of the molecule is Cc1sc2nc(CN(C)Cc3ccc(Cl)c(Cl)c3)nc(N)c2c1C. The molecule has 0 saturated heterocycles. The normalized spacial score (nSPS) is 11.6. The molecular formula is C17H18Cl2N4S. The molecule has 0 saturated carbocycles. The zero-order valence-corrected chi connectivity index (χ0v) is 16.1. The first-order valence-electron chi connectivity index (χ1n) is 7.49. The van der Waals surface area contributed by atoms with Crippen molar-refractivity contribution in [2.45, 2.75) is 26.9 Å². The van der Waals surface area contributed by atoms with E-state index in [0.29, 0.717) is 22.4 Å². The van der Waals surface area contributed by atoms with Crippen molar-refractivity contribution >= 4 is 50.6 Å². The van der Waals surface area contributed by atoms with Crippen LogP contribution >= 0.6 is 34.5 Å². The van der Waals surface area contributed by atoms with Gasteiger partial charge in [0.25, 0.3) is 0 Å². The highest BCUT2D eigenvalue weighted by Crippen LogP contribution is 2.32. The Morgan fingerprint density at radius 1 is 1.12 bits per heavy atom. The molecular weight excluding hydrogens is 363 g/mol. The van der Waals surface area contributed by atoms with E-state index in [1.54, 1.807) is 11.3 Å². The zero-order valence-electron chi connectivity index (χ0n) is 13.7. The third-order valence-electron chi connectivity index (χ3n) is 3.95. The van der Waals surface area contributed by atoms with E-state index in [1.807, 2.05) is 25.2 Å². The Kier molecular flexibility index (Phi) is 4.97. The van der Waals surface area contributed by atoms with Crippen molar-refractivity contribution in [3.8, 4) is 0 Å². The van der Waals surface area contributed by atoms with E-state index in [2.05, 4.69) is 28.7 Å². The van der Waals surface area contributed by atoms with Gasteiger partial charge in [0, 0.05) is 11.4 Å². The van der Waals surface area contributed by atoms with Crippen LogP contribution in [0.5, 0.6) is 0 Å². The molecule has 0 aliphatic rings. The second-order valence-corrected chi connectivity index (χ2v) is 7.93. The Morgan fingerprint density at radius 2 is 1.88 bits per heavy atom. The molecule has 0 aliphatic carbocycles. The van der Waals surface area contributed by atoms with Crippen LogP contribution in [0.2, 0.25) is 10.0 Å². The predicted molar refractivity (Wildman–Crippen MR) is 103 cm³/mol. The minimum Gasteiger partial charge on any atom is -0.383 e. The van der Waals surface area contributed by atoms with Gasteiger partial charge in [0.05, 0.1) is 22.0 Å². The number of rotatable bonds is 4. The number of halogens is 2. The third kappa shape index (κ3) is 3.49. The summed E-state index contributed by atoms with van der Waals surface area (Å²) < 4.78 is 0. The van der Waals surface area contributed by atoms with E-state index in [1.165, 1.54) is 10.4 Å². The van der Waals surface area contributed by atoms with Gasteiger partial charge < -0.3 is 5.73 Å². The fraction of sp³-hybridized carbons (Fsp3) is 0.294. The van der Waals surface area contributed by atoms with Crippen LogP contribution in [0.15, 0.2) is 18.2 Å². The largest absolute Gasteiger partial charge is 0.383 e. The molecule has 3 aromatic rings. The van der Waals surface area contributed by atoms with Crippen LogP contribution in [0.3, 0.4) is 0 Å². The Hall–Kier alpha value is -1.40. The van der Waals surface area contributed by atoms with E-state index in [9.17, 15) is 0 Å². The average Bonchev–Trinajstić information content (AvgIpc) is 2.78. The van der Waals surface area contributed by atoms with Crippen molar-refractivity contribution in [3.63, 3.8) is 0 Å². The highest BCUT2D eigenvalue weighted by Gasteiger charge is 2.14. The lowest BCUT2D eigenvalue weighted by atomic mass is 10.2.